The molecule has 0 saturated carbocycles. The van der Waals surface area contributed by atoms with Gasteiger partial charge in [-0.05, 0) is 0 Å². The first kappa shape index (κ1) is 15.8. The van der Waals surface area contributed by atoms with Crippen LogP contribution in [0.4, 0.5) is 0 Å². The van der Waals surface area contributed by atoms with Gasteiger partial charge in [0.1, 0.15) is 0 Å². The zero-order valence-electron chi connectivity index (χ0n) is 3.89. The van der Waals surface area contributed by atoms with Crippen LogP contribution >= 0.6 is 12.4 Å². The van der Waals surface area contributed by atoms with Gasteiger partial charge in [-0.25, -0.2) is 5.90 Å². The molecule has 0 fully saturated rings. The summed E-state index contributed by atoms with van der Waals surface area (Å²) in [5, 5.41) is 0. The van der Waals surface area contributed by atoms with Gasteiger partial charge < -0.3 is 10.3 Å². The van der Waals surface area contributed by atoms with Gasteiger partial charge in [-0.1, -0.05) is 6.08 Å². The van der Waals surface area contributed by atoms with E-state index in [4.69, 9.17) is 0 Å². The van der Waals surface area contributed by atoms with E-state index in [2.05, 4.69) is 17.3 Å². The summed E-state index contributed by atoms with van der Waals surface area (Å²) in [5.41, 5.74) is 0. The summed E-state index contributed by atoms with van der Waals surface area (Å²) in [7, 11) is 0. The van der Waals surface area contributed by atoms with E-state index in [0.29, 0.717) is 6.61 Å². The molecule has 0 aliphatic carbocycles. The molecule has 4 N–H and O–H groups in total. The Hall–Kier alpha value is -0.0900. The van der Waals surface area contributed by atoms with Crippen LogP contribution in [0.5, 0.6) is 0 Å². The summed E-state index contributed by atoms with van der Waals surface area (Å²) in [6, 6.07) is 0. The third-order valence-corrected chi connectivity index (χ3v) is 0.214. The first-order valence-corrected chi connectivity index (χ1v) is 1.34. The lowest BCUT2D eigenvalue weighted by Gasteiger charge is -1.79. The van der Waals surface area contributed by atoms with Crippen molar-refractivity contribution in [3.63, 3.8) is 0 Å². The Balaban J connectivity index is -0.0000000800. The van der Waals surface area contributed by atoms with Crippen LogP contribution in [0.25, 0.3) is 0 Å². The molecular formula is C3H10ClNO2. The number of hydrogen-bond donors (Lipinski definition) is 1. The molecule has 0 amide bonds. The third-order valence-electron chi connectivity index (χ3n) is 0.214. The van der Waals surface area contributed by atoms with E-state index in [1.807, 2.05) is 0 Å². The molecular weight excluding hydrogens is 117 g/mol. The summed E-state index contributed by atoms with van der Waals surface area (Å²) in [5.74, 6) is 4.57. The molecule has 0 heterocycles. The highest BCUT2D eigenvalue weighted by Crippen LogP contribution is 1.56. The standard InChI is InChI=1S/C3H7NO.ClH.H2O/c1-2-3-5-4;;/h2H,1,3-4H2;1H;1H2. The molecule has 0 aromatic carbocycles. The van der Waals surface area contributed by atoms with Crippen molar-refractivity contribution in [1.82, 2.24) is 0 Å². The lowest BCUT2D eigenvalue weighted by atomic mass is 10.7. The minimum atomic E-state index is 0. The second kappa shape index (κ2) is 16.8. The number of halogens is 1. The molecule has 0 aliphatic heterocycles. The fraction of sp³-hybridized carbons (Fsp3) is 0.333. The van der Waals surface area contributed by atoms with Crippen LogP contribution in [-0.2, 0) is 4.84 Å². The summed E-state index contributed by atoms with van der Waals surface area (Å²) >= 11 is 0. The van der Waals surface area contributed by atoms with Crippen molar-refractivity contribution in [2.45, 2.75) is 0 Å². The Bertz CT molecular complexity index is 34.1. The Morgan fingerprint density at radius 2 is 2.14 bits per heavy atom. The first-order valence-electron chi connectivity index (χ1n) is 1.34. The van der Waals surface area contributed by atoms with Crippen LogP contribution in [0.1, 0.15) is 0 Å². The van der Waals surface area contributed by atoms with Gasteiger partial charge in [0.05, 0.1) is 6.61 Å². The predicted octanol–water partition coefficient (Wildman–Crippen LogP) is -0.340. The zero-order chi connectivity index (χ0) is 4.12. The second-order valence-corrected chi connectivity index (χ2v) is 0.622. The molecule has 0 spiro atoms. The topological polar surface area (TPSA) is 66.8 Å². The normalized spacial score (nSPS) is 5.29. The highest BCUT2D eigenvalue weighted by Gasteiger charge is 1.58. The van der Waals surface area contributed by atoms with Crippen molar-refractivity contribution in [3.05, 3.63) is 12.7 Å². The molecule has 0 aromatic heterocycles. The van der Waals surface area contributed by atoms with E-state index in [9.17, 15) is 0 Å². The molecule has 4 heteroatoms. The van der Waals surface area contributed by atoms with Gasteiger partial charge in [0.25, 0.3) is 0 Å². The minimum Gasteiger partial charge on any atom is -0.412 e. The van der Waals surface area contributed by atoms with Crippen LogP contribution in [0.2, 0.25) is 0 Å². The average molecular weight is 128 g/mol. The fourth-order valence-electron chi connectivity index (χ4n) is 0.0680. The molecule has 0 unspecified atom stereocenters. The van der Waals surface area contributed by atoms with Gasteiger partial charge in [0, 0.05) is 0 Å². The Morgan fingerprint density at radius 3 is 2.14 bits per heavy atom. The Labute approximate surface area is 48.8 Å². The molecule has 0 radical (unpaired) electrons. The second-order valence-electron chi connectivity index (χ2n) is 0.622. The molecule has 0 rings (SSSR count). The molecule has 46 valence electrons. The Kier molecular flexibility index (Phi) is 37.9. The summed E-state index contributed by atoms with van der Waals surface area (Å²) in [6.45, 7) is 3.78. The lowest BCUT2D eigenvalue weighted by molar-refractivity contribution is 0.168. The number of hydrogen-bond acceptors (Lipinski definition) is 2. The maximum Gasteiger partial charge on any atom is 0.0858 e. The molecule has 7 heavy (non-hydrogen) atoms. The van der Waals surface area contributed by atoms with Gasteiger partial charge in [0.2, 0.25) is 0 Å². The molecule has 0 atom stereocenters. The molecule has 0 bridgehead atoms. The fourth-order valence-corrected chi connectivity index (χ4v) is 0.0680. The van der Waals surface area contributed by atoms with E-state index in [1.165, 1.54) is 0 Å². The van der Waals surface area contributed by atoms with Crippen LogP contribution in [0, 0.1) is 0 Å². The number of nitrogens with two attached hydrogens (primary N) is 1. The third kappa shape index (κ3) is 24.8. The van der Waals surface area contributed by atoms with E-state index in [0.717, 1.165) is 0 Å². The smallest absolute Gasteiger partial charge is 0.0858 e. The van der Waals surface area contributed by atoms with Crippen molar-refractivity contribution < 1.29 is 10.3 Å². The van der Waals surface area contributed by atoms with Crippen molar-refractivity contribution in [1.29, 1.82) is 0 Å². The van der Waals surface area contributed by atoms with E-state index >= 15 is 0 Å². The van der Waals surface area contributed by atoms with Crippen molar-refractivity contribution in [3.8, 4) is 0 Å². The molecule has 0 aliphatic rings. The van der Waals surface area contributed by atoms with E-state index < -0.39 is 0 Å². The van der Waals surface area contributed by atoms with Gasteiger partial charge in [-0.2, -0.15) is 0 Å². The zero-order valence-corrected chi connectivity index (χ0v) is 4.70. The van der Waals surface area contributed by atoms with Gasteiger partial charge in [-0.3, -0.25) is 0 Å². The quantitative estimate of drug-likeness (QED) is 0.407. The SMILES string of the molecule is C=CCON.Cl.O. The molecule has 0 aromatic rings. The van der Waals surface area contributed by atoms with Crippen LogP contribution < -0.4 is 5.90 Å². The van der Waals surface area contributed by atoms with Gasteiger partial charge in [-0.15, -0.1) is 19.0 Å². The minimum absolute atomic E-state index is 0. The van der Waals surface area contributed by atoms with Gasteiger partial charge >= 0.3 is 0 Å². The lowest BCUT2D eigenvalue weighted by Crippen LogP contribution is -1.96. The van der Waals surface area contributed by atoms with Crippen LogP contribution in [0.15, 0.2) is 12.7 Å². The first-order chi connectivity index (χ1) is 2.41. The molecule has 3 nitrogen and oxygen atoms in total. The monoisotopic (exact) mass is 127 g/mol. The predicted molar refractivity (Wildman–Crippen MR) is 31.2 cm³/mol. The van der Waals surface area contributed by atoms with Crippen molar-refractivity contribution >= 4 is 12.4 Å². The molecule has 0 saturated heterocycles. The number of rotatable bonds is 2. The maximum atomic E-state index is 4.57. The summed E-state index contributed by atoms with van der Waals surface area (Å²) < 4.78 is 0. The van der Waals surface area contributed by atoms with Crippen LogP contribution in [-0.4, -0.2) is 12.1 Å². The highest BCUT2D eigenvalue weighted by molar-refractivity contribution is 5.85. The van der Waals surface area contributed by atoms with E-state index in [-0.39, 0.29) is 17.9 Å². The largest absolute Gasteiger partial charge is 0.412 e. The Morgan fingerprint density at radius 1 is 1.71 bits per heavy atom. The average Bonchev–Trinajstić information content (AvgIpc) is 1.41. The van der Waals surface area contributed by atoms with Crippen molar-refractivity contribution in [2.24, 2.45) is 5.90 Å². The summed E-state index contributed by atoms with van der Waals surface area (Å²) in [4.78, 5) is 4.07. The van der Waals surface area contributed by atoms with Gasteiger partial charge in [0.15, 0.2) is 0 Å². The highest BCUT2D eigenvalue weighted by atomic mass is 35.5. The van der Waals surface area contributed by atoms with Crippen molar-refractivity contribution in [2.75, 3.05) is 6.61 Å². The van der Waals surface area contributed by atoms with Crippen LogP contribution in [0.3, 0.4) is 0 Å². The maximum absolute atomic E-state index is 4.57. The van der Waals surface area contributed by atoms with E-state index in [1.54, 1.807) is 6.08 Å². The summed E-state index contributed by atoms with van der Waals surface area (Å²) in [6.07, 6.45) is 1.58.